The SMILES string of the molecule is COc1cc(Cl)c(C)cc1N1C(=O)C(Cl)=C(Nc2cccc(Cl)c2)C1=O. The summed E-state index contributed by atoms with van der Waals surface area (Å²) in [5.74, 6) is -0.961. The Morgan fingerprint density at radius 3 is 2.42 bits per heavy atom. The van der Waals surface area contributed by atoms with Crippen LogP contribution in [0.1, 0.15) is 5.56 Å². The number of benzene rings is 2. The second-order valence-electron chi connectivity index (χ2n) is 5.54. The van der Waals surface area contributed by atoms with Crippen LogP contribution in [0.4, 0.5) is 11.4 Å². The van der Waals surface area contributed by atoms with E-state index in [2.05, 4.69) is 5.32 Å². The Hall–Kier alpha value is -2.21. The third kappa shape index (κ3) is 3.26. The van der Waals surface area contributed by atoms with E-state index in [4.69, 9.17) is 39.5 Å². The summed E-state index contributed by atoms with van der Waals surface area (Å²) in [5.41, 5.74) is 1.46. The van der Waals surface area contributed by atoms with Crippen LogP contribution in [0.3, 0.4) is 0 Å². The molecule has 5 nitrogen and oxygen atoms in total. The van der Waals surface area contributed by atoms with Gasteiger partial charge in [-0.05, 0) is 36.8 Å². The Kier molecular flexibility index (Phi) is 5.14. The first-order valence-corrected chi connectivity index (χ1v) is 8.62. The summed E-state index contributed by atoms with van der Waals surface area (Å²) in [6, 6.07) is 9.87. The first kappa shape index (κ1) is 18.6. The van der Waals surface area contributed by atoms with Gasteiger partial charge in [-0.25, -0.2) is 4.90 Å². The number of methoxy groups -OCH3 is 1. The maximum atomic E-state index is 12.9. The fourth-order valence-electron chi connectivity index (χ4n) is 2.53. The number of hydrogen-bond donors (Lipinski definition) is 1. The standard InChI is InChI=1S/C18H13Cl3N2O3/c1-9-6-13(14(26-2)8-12(9)20)23-17(24)15(21)16(18(23)25)22-11-5-3-4-10(19)7-11/h3-8,22H,1-2H3. The molecule has 3 rings (SSSR count). The lowest BCUT2D eigenvalue weighted by Crippen LogP contribution is -2.32. The summed E-state index contributed by atoms with van der Waals surface area (Å²) in [4.78, 5) is 26.4. The highest BCUT2D eigenvalue weighted by atomic mass is 35.5. The van der Waals surface area contributed by atoms with Gasteiger partial charge in [0.25, 0.3) is 11.8 Å². The van der Waals surface area contributed by atoms with Gasteiger partial charge in [0.1, 0.15) is 16.5 Å². The zero-order valence-electron chi connectivity index (χ0n) is 13.8. The van der Waals surface area contributed by atoms with Gasteiger partial charge in [0, 0.05) is 21.8 Å². The zero-order valence-corrected chi connectivity index (χ0v) is 16.0. The molecule has 1 aliphatic rings. The monoisotopic (exact) mass is 410 g/mol. The van der Waals surface area contributed by atoms with Gasteiger partial charge in [0.2, 0.25) is 0 Å². The third-order valence-electron chi connectivity index (χ3n) is 3.82. The van der Waals surface area contributed by atoms with Gasteiger partial charge in [0.05, 0.1) is 12.8 Å². The Morgan fingerprint density at radius 2 is 1.77 bits per heavy atom. The Bertz CT molecular complexity index is 957. The highest BCUT2D eigenvalue weighted by molar-refractivity contribution is 6.53. The van der Waals surface area contributed by atoms with Gasteiger partial charge in [-0.1, -0.05) is 40.9 Å². The molecule has 0 atom stereocenters. The molecule has 0 saturated heterocycles. The zero-order chi connectivity index (χ0) is 19.0. The molecule has 0 saturated carbocycles. The van der Waals surface area contributed by atoms with Crippen LogP contribution in [0.25, 0.3) is 0 Å². The van der Waals surface area contributed by atoms with Crippen molar-refractivity contribution in [2.75, 3.05) is 17.3 Å². The molecule has 1 aliphatic heterocycles. The molecule has 0 aromatic heterocycles. The minimum Gasteiger partial charge on any atom is -0.494 e. The number of halogens is 3. The van der Waals surface area contributed by atoms with Gasteiger partial charge in [0.15, 0.2) is 0 Å². The molecule has 2 aromatic carbocycles. The van der Waals surface area contributed by atoms with Crippen molar-refractivity contribution in [2.24, 2.45) is 0 Å². The molecule has 0 fully saturated rings. The predicted octanol–water partition coefficient (Wildman–Crippen LogP) is 4.75. The second kappa shape index (κ2) is 7.19. The highest BCUT2D eigenvalue weighted by Crippen LogP contribution is 2.38. The van der Waals surface area contributed by atoms with Crippen molar-refractivity contribution in [2.45, 2.75) is 6.92 Å². The van der Waals surface area contributed by atoms with E-state index in [-0.39, 0.29) is 22.2 Å². The highest BCUT2D eigenvalue weighted by Gasteiger charge is 2.40. The molecular weight excluding hydrogens is 399 g/mol. The first-order chi connectivity index (χ1) is 12.3. The van der Waals surface area contributed by atoms with Gasteiger partial charge >= 0.3 is 0 Å². The average Bonchev–Trinajstić information content (AvgIpc) is 2.81. The summed E-state index contributed by atoms with van der Waals surface area (Å²) in [6.45, 7) is 1.76. The lowest BCUT2D eigenvalue weighted by atomic mass is 10.2. The van der Waals surface area contributed by atoms with Gasteiger partial charge < -0.3 is 10.1 Å². The number of imide groups is 1. The van der Waals surface area contributed by atoms with E-state index in [9.17, 15) is 9.59 Å². The van der Waals surface area contributed by atoms with Crippen molar-refractivity contribution in [1.82, 2.24) is 0 Å². The molecule has 134 valence electrons. The number of nitrogens with zero attached hydrogens (tertiary/aromatic N) is 1. The van der Waals surface area contributed by atoms with E-state index < -0.39 is 11.8 Å². The molecule has 26 heavy (non-hydrogen) atoms. The van der Waals surface area contributed by atoms with Crippen LogP contribution in [0.15, 0.2) is 47.1 Å². The van der Waals surface area contributed by atoms with E-state index in [0.717, 1.165) is 4.90 Å². The topological polar surface area (TPSA) is 58.6 Å². The number of anilines is 2. The molecular formula is C18H13Cl3N2O3. The molecule has 0 bridgehead atoms. The fraction of sp³-hybridized carbons (Fsp3) is 0.111. The largest absolute Gasteiger partial charge is 0.494 e. The predicted molar refractivity (Wildman–Crippen MR) is 103 cm³/mol. The number of ether oxygens (including phenoxy) is 1. The normalized spacial score (nSPS) is 14.3. The Labute approximate surface area is 165 Å². The van der Waals surface area contributed by atoms with Gasteiger partial charge in [-0.3, -0.25) is 9.59 Å². The van der Waals surface area contributed by atoms with E-state index >= 15 is 0 Å². The molecule has 0 unspecified atom stereocenters. The van der Waals surface area contributed by atoms with E-state index in [1.807, 2.05) is 0 Å². The first-order valence-electron chi connectivity index (χ1n) is 7.48. The van der Waals surface area contributed by atoms with Crippen molar-refractivity contribution in [1.29, 1.82) is 0 Å². The minimum absolute atomic E-state index is 0.0337. The lowest BCUT2D eigenvalue weighted by molar-refractivity contribution is -0.120. The Morgan fingerprint density at radius 1 is 1.04 bits per heavy atom. The molecule has 1 N–H and O–H groups in total. The number of aryl methyl sites for hydroxylation is 1. The number of amides is 2. The Balaban J connectivity index is 2.00. The van der Waals surface area contributed by atoms with Gasteiger partial charge in [-0.2, -0.15) is 0 Å². The van der Waals surface area contributed by atoms with E-state index in [1.54, 1.807) is 43.3 Å². The summed E-state index contributed by atoms with van der Waals surface area (Å²) >= 11 is 18.2. The third-order valence-corrected chi connectivity index (χ3v) is 4.82. The fourth-order valence-corrected chi connectivity index (χ4v) is 3.08. The smallest absolute Gasteiger partial charge is 0.283 e. The van der Waals surface area contributed by atoms with E-state index in [0.29, 0.717) is 21.3 Å². The van der Waals surface area contributed by atoms with Crippen LogP contribution < -0.4 is 15.0 Å². The summed E-state index contributed by atoms with van der Waals surface area (Å²) in [6.07, 6.45) is 0. The number of carbonyl (C=O) groups is 2. The number of nitrogens with one attached hydrogen (secondary N) is 1. The van der Waals surface area contributed by atoms with Crippen LogP contribution in [0.5, 0.6) is 5.75 Å². The summed E-state index contributed by atoms with van der Waals surface area (Å²) < 4.78 is 5.26. The van der Waals surface area contributed by atoms with Crippen LogP contribution in [-0.2, 0) is 9.59 Å². The maximum absolute atomic E-state index is 12.9. The summed E-state index contributed by atoms with van der Waals surface area (Å²) in [7, 11) is 1.43. The quantitative estimate of drug-likeness (QED) is 0.738. The number of carbonyl (C=O) groups excluding carboxylic acids is 2. The molecule has 8 heteroatoms. The van der Waals surface area contributed by atoms with E-state index in [1.165, 1.54) is 7.11 Å². The second-order valence-corrected chi connectivity index (χ2v) is 6.76. The molecule has 2 amide bonds. The minimum atomic E-state index is -0.652. The van der Waals surface area contributed by atoms with Crippen LogP contribution in [0, 0.1) is 6.92 Å². The molecule has 0 spiro atoms. The summed E-state index contributed by atoms with van der Waals surface area (Å²) in [5, 5.41) is 3.58. The molecule has 0 radical (unpaired) electrons. The maximum Gasteiger partial charge on any atom is 0.283 e. The van der Waals surface area contributed by atoms with Crippen molar-refractivity contribution in [3.05, 3.63) is 62.7 Å². The molecule has 0 aliphatic carbocycles. The number of rotatable bonds is 4. The van der Waals surface area contributed by atoms with Crippen molar-refractivity contribution in [3.63, 3.8) is 0 Å². The van der Waals surface area contributed by atoms with Crippen molar-refractivity contribution in [3.8, 4) is 5.75 Å². The molecule has 1 heterocycles. The van der Waals surface area contributed by atoms with Crippen LogP contribution in [0.2, 0.25) is 10.0 Å². The molecule has 2 aromatic rings. The lowest BCUT2D eigenvalue weighted by Gasteiger charge is -2.19. The number of hydrogen-bond acceptors (Lipinski definition) is 4. The van der Waals surface area contributed by atoms with Crippen molar-refractivity contribution >= 4 is 58.0 Å². The average molecular weight is 412 g/mol. The van der Waals surface area contributed by atoms with Crippen LogP contribution >= 0.6 is 34.8 Å². The van der Waals surface area contributed by atoms with Crippen molar-refractivity contribution < 1.29 is 14.3 Å². The van der Waals surface area contributed by atoms with Gasteiger partial charge in [-0.15, -0.1) is 0 Å². The van der Waals surface area contributed by atoms with Crippen LogP contribution in [-0.4, -0.2) is 18.9 Å².